The van der Waals surface area contributed by atoms with E-state index in [9.17, 15) is 22.8 Å². The van der Waals surface area contributed by atoms with Crippen LogP contribution in [0.4, 0.5) is 18.9 Å². The Morgan fingerprint density at radius 3 is 2.61 bits per heavy atom. The van der Waals surface area contributed by atoms with Gasteiger partial charge in [-0.05, 0) is 49.2 Å². The molecule has 0 radical (unpaired) electrons. The molecule has 1 saturated heterocycles. The summed E-state index contributed by atoms with van der Waals surface area (Å²) in [6.07, 6.45) is -4.02. The molecule has 0 aromatic heterocycles. The highest BCUT2D eigenvalue weighted by Crippen LogP contribution is 2.33. The zero-order valence-corrected chi connectivity index (χ0v) is 19.0. The van der Waals surface area contributed by atoms with Gasteiger partial charge in [0.2, 0.25) is 11.8 Å². The molecule has 0 saturated carbocycles. The molecule has 0 bridgehead atoms. The van der Waals surface area contributed by atoms with Crippen molar-refractivity contribution in [3.63, 3.8) is 0 Å². The fourth-order valence-electron chi connectivity index (χ4n) is 3.24. The number of methoxy groups -OCH3 is 1. The third-order valence-electron chi connectivity index (χ3n) is 4.96. The Morgan fingerprint density at radius 2 is 1.97 bits per heavy atom. The molecule has 0 spiro atoms. The highest BCUT2D eigenvalue weighted by molar-refractivity contribution is 8.15. The van der Waals surface area contributed by atoms with Gasteiger partial charge in [-0.15, -0.1) is 0 Å². The summed E-state index contributed by atoms with van der Waals surface area (Å²) >= 11 is 1.08. The number of ether oxygens (including phenoxy) is 1. The first-order valence-electron chi connectivity index (χ1n) is 10.3. The molecule has 2 aromatic rings. The number of halogens is 3. The Bertz CT molecular complexity index is 1030. The van der Waals surface area contributed by atoms with Crippen LogP contribution >= 0.6 is 11.8 Å². The monoisotopic (exact) mass is 479 g/mol. The number of aliphatic imine (C=N–C) groups is 1. The van der Waals surface area contributed by atoms with Gasteiger partial charge in [-0.3, -0.25) is 14.5 Å². The van der Waals surface area contributed by atoms with Gasteiger partial charge in [0.1, 0.15) is 5.75 Å². The van der Waals surface area contributed by atoms with Crippen molar-refractivity contribution < 1.29 is 27.5 Å². The summed E-state index contributed by atoms with van der Waals surface area (Å²) in [5.41, 5.74) is 0.186. The van der Waals surface area contributed by atoms with Crippen molar-refractivity contribution in [2.24, 2.45) is 4.99 Å². The van der Waals surface area contributed by atoms with Crippen LogP contribution < -0.4 is 10.1 Å². The van der Waals surface area contributed by atoms with E-state index in [1.54, 1.807) is 14.0 Å². The summed E-state index contributed by atoms with van der Waals surface area (Å²) in [4.78, 5) is 31.0. The van der Waals surface area contributed by atoms with Crippen LogP contribution in [0.2, 0.25) is 0 Å². The first-order chi connectivity index (χ1) is 15.7. The smallest absolute Gasteiger partial charge is 0.416 e. The number of benzene rings is 2. The second-order valence-electron chi connectivity index (χ2n) is 7.29. The Hall–Kier alpha value is -3.01. The molecule has 1 aliphatic rings. The number of amidine groups is 1. The number of thioether (sulfide) groups is 1. The van der Waals surface area contributed by atoms with E-state index in [1.807, 2.05) is 24.3 Å². The van der Waals surface area contributed by atoms with Crippen molar-refractivity contribution in [2.45, 2.75) is 31.2 Å². The number of amides is 2. The first-order valence-corrected chi connectivity index (χ1v) is 11.2. The molecule has 176 valence electrons. The summed E-state index contributed by atoms with van der Waals surface area (Å²) in [5.74, 6) is 0.103. The van der Waals surface area contributed by atoms with Gasteiger partial charge in [-0.1, -0.05) is 30.0 Å². The van der Waals surface area contributed by atoms with Crippen molar-refractivity contribution in [2.75, 3.05) is 20.2 Å². The number of carbonyl (C=O) groups excluding carboxylic acids is 2. The molecule has 1 fully saturated rings. The molecule has 1 heterocycles. The van der Waals surface area contributed by atoms with Crippen LogP contribution in [0.15, 0.2) is 53.5 Å². The minimum Gasteiger partial charge on any atom is -0.497 e. The quantitative estimate of drug-likeness (QED) is 0.639. The van der Waals surface area contributed by atoms with Crippen LogP contribution in [0.1, 0.15) is 24.5 Å². The fourth-order valence-corrected chi connectivity index (χ4v) is 4.39. The molecular formula is C23H24F3N3O3S. The molecule has 33 heavy (non-hydrogen) atoms. The summed E-state index contributed by atoms with van der Waals surface area (Å²) < 4.78 is 44.5. The maximum atomic E-state index is 13.1. The topological polar surface area (TPSA) is 71.0 Å². The van der Waals surface area contributed by atoms with E-state index < -0.39 is 17.0 Å². The Kier molecular flexibility index (Phi) is 8.01. The molecule has 3 rings (SSSR count). The second-order valence-corrected chi connectivity index (χ2v) is 8.46. The van der Waals surface area contributed by atoms with Gasteiger partial charge in [-0.2, -0.15) is 13.2 Å². The number of carbonyl (C=O) groups is 2. The molecule has 0 aliphatic carbocycles. The van der Waals surface area contributed by atoms with E-state index in [4.69, 9.17) is 4.74 Å². The first kappa shape index (κ1) is 24.6. The molecule has 1 unspecified atom stereocenters. The van der Waals surface area contributed by atoms with Gasteiger partial charge in [0.05, 0.1) is 23.6 Å². The highest BCUT2D eigenvalue weighted by Gasteiger charge is 2.36. The lowest BCUT2D eigenvalue weighted by molar-refractivity contribution is -0.137. The number of hydrogen-bond acceptors (Lipinski definition) is 5. The van der Waals surface area contributed by atoms with Crippen LogP contribution in [-0.4, -0.2) is 47.3 Å². The summed E-state index contributed by atoms with van der Waals surface area (Å²) in [6, 6.07) is 12.0. The number of rotatable bonds is 7. The predicted molar refractivity (Wildman–Crippen MR) is 122 cm³/mol. The SMILES string of the molecule is CCNC(=O)C1CC(=O)N(CCc2ccc(OC)cc2)C(=Nc2cccc(C(F)(F)F)c2)S1. The Morgan fingerprint density at radius 1 is 1.24 bits per heavy atom. The molecule has 10 heteroatoms. The van der Waals surface area contributed by atoms with Crippen LogP contribution in [0.5, 0.6) is 5.75 Å². The molecule has 1 N–H and O–H groups in total. The molecule has 2 aromatic carbocycles. The van der Waals surface area contributed by atoms with Gasteiger partial charge in [0.15, 0.2) is 5.17 Å². The lowest BCUT2D eigenvalue weighted by atomic mass is 10.1. The largest absolute Gasteiger partial charge is 0.497 e. The maximum Gasteiger partial charge on any atom is 0.416 e. The van der Waals surface area contributed by atoms with E-state index in [0.717, 1.165) is 29.5 Å². The summed E-state index contributed by atoms with van der Waals surface area (Å²) in [5, 5.41) is 2.20. The van der Waals surface area contributed by atoms with E-state index in [2.05, 4.69) is 10.3 Å². The Labute approximate surface area is 194 Å². The van der Waals surface area contributed by atoms with E-state index in [-0.39, 0.29) is 35.6 Å². The average molecular weight is 480 g/mol. The lowest BCUT2D eigenvalue weighted by Gasteiger charge is -2.31. The van der Waals surface area contributed by atoms with Crippen molar-refractivity contribution in [1.82, 2.24) is 10.2 Å². The van der Waals surface area contributed by atoms with Gasteiger partial charge >= 0.3 is 6.18 Å². The zero-order chi connectivity index (χ0) is 24.0. The third kappa shape index (κ3) is 6.50. The van der Waals surface area contributed by atoms with Crippen molar-refractivity contribution >= 4 is 34.4 Å². The van der Waals surface area contributed by atoms with E-state index >= 15 is 0 Å². The fraction of sp³-hybridized carbons (Fsp3) is 0.348. The number of nitrogens with one attached hydrogen (secondary N) is 1. The average Bonchev–Trinajstić information content (AvgIpc) is 2.78. The summed E-state index contributed by atoms with van der Waals surface area (Å²) in [7, 11) is 1.57. The number of hydrogen-bond donors (Lipinski definition) is 1. The second kappa shape index (κ2) is 10.7. The van der Waals surface area contributed by atoms with Gasteiger partial charge in [0, 0.05) is 19.5 Å². The molecular weight excluding hydrogens is 455 g/mol. The van der Waals surface area contributed by atoms with Crippen molar-refractivity contribution in [1.29, 1.82) is 0 Å². The van der Waals surface area contributed by atoms with Crippen LogP contribution in [0, 0.1) is 0 Å². The zero-order valence-electron chi connectivity index (χ0n) is 18.2. The standard InChI is InChI=1S/C23H24F3N3O3S/c1-3-27-21(31)19-14-20(30)29(12-11-15-7-9-18(32-2)10-8-15)22(33-19)28-17-6-4-5-16(13-17)23(24,25)26/h4-10,13,19H,3,11-12,14H2,1-2H3,(H,27,31). The van der Waals surface area contributed by atoms with Gasteiger partial charge < -0.3 is 10.1 Å². The molecule has 1 aliphatic heterocycles. The van der Waals surface area contributed by atoms with Crippen LogP contribution in [0.3, 0.4) is 0 Å². The van der Waals surface area contributed by atoms with E-state index in [1.165, 1.54) is 17.0 Å². The van der Waals surface area contributed by atoms with Crippen LogP contribution in [-0.2, 0) is 22.2 Å². The highest BCUT2D eigenvalue weighted by atomic mass is 32.2. The maximum absolute atomic E-state index is 13.1. The molecule has 1 atom stereocenters. The van der Waals surface area contributed by atoms with Crippen molar-refractivity contribution in [3.05, 3.63) is 59.7 Å². The number of alkyl halides is 3. The summed E-state index contributed by atoms with van der Waals surface area (Å²) in [6.45, 7) is 2.45. The van der Waals surface area contributed by atoms with Gasteiger partial charge in [-0.25, -0.2) is 4.99 Å². The third-order valence-corrected chi connectivity index (χ3v) is 6.15. The van der Waals surface area contributed by atoms with Gasteiger partial charge in [0.25, 0.3) is 0 Å². The van der Waals surface area contributed by atoms with Crippen LogP contribution in [0.25, 0.3) is 0 Å². The minimum atomic E-state index is -4.51. The molecule has 6 nitrogen and oxygen atoms in total. The normalized spacial score (nSPS) is 17.8. The Balaban J connectivity index is 1.87. The lowest BCUT2D eigenvalue weighted by Crippen LogP contribution is -2.47. The van der Waals surface area contributed by atoms with E-state index in [0.29, 0.717) is 18.7 Å². The molecule has 2 amide bonds. The van der Waals surface area contributed by atoms with Crippen molar-refractivity contribution in [3.8, 4) is 5.75 Å². The number of nitrogens with zero attached hydrogens (tertiary/aromatic N) is 2. The minimum absolute atomic E-state index is 0.0132. The predicted octanol–water partition coefficient (Wildman–Crippen LogP) is 4.41.